The standard InChI is InChI=1S/C12H12ClN3OS/c1-7-5-9(13)3-4-10(7)15-12(18)16-11-14-8(2)6-17-11/h3-6H,1-2H3,(H2,14,15,16,18). The normalized spacial score (nSPS) is 10.2. The number of nitrogens with zero attached hydrogens (tertiary/aromatic N) is 1. The summed E-state index contributed by atoms with van der Waals surface area (Å²) in [6, 6.07) is 5.90. The Labute approximate surface area is 115 Å². The molecule has 6 heteroatoms. The molecule has 0 saturated carbocycles. The maximum Gasteiger partial charge on any atom is 0.301 e. The Morgan fingerprint density at radius 2 is 2.11 bits per heavy atom. The highest BCUT2D eigenvalue weighted by Crippen LogP contribution is 2.19. The second-order valence-corrected chi connectivity index (χ2v) is 4.68. The van der Waals surface area contributed by atoms with E-state index in [4.69, 9.17) is 28.2 Å². The molecule has 4 nitrogen and oxygen atoms in total. The maximum atomic E-state index is 5.88. The Morgan fingerprint density at radius 3 is 2.72 bits per heavy atom. The number of halogens is 1. The fraction of sp³-hybridized carbons (Fsp3) is 0.167. The second-order valence-electron chi connectivity index (χ2n) is 3.83. The fourth-order valence-corrected chi connectivity index (χ4v) is 1.85. The molecule has 1 aromatic carbocycles. The van der Waals surface area contributed by atoms with Gasteiger partial charge in [-0.2, -0.15) is 4.98 Å². The lowest BCUT2D eigenvalue weighted by molar-refractivity contribution is 0.578. The summed E-state index contributed by atoms with van der Waals surface area (Å²) in [7, 11) is 0. The summed E-state index contributed by atoms with van der Waals surface area (Å²) in [5, 5.41) is 7.03. The minimum Gasteiger partial charge on any atom is -0.432 e. The van der Waals surface area contributed by atoms with E-state index in [1.807, 2.05) is 26.0 Å². The van der Waals surface area contributed by atoms with Gasteiger partial charge in [0.15, 0.2) is 5.11 Å². The summed E-state index contributed by atoms with van der Waals surface area (Å²) in [6.07, 6.45) is 1.55. The number of hydrogen-bond donors (Lipinski definition) is 2. The minimum atomic E-state index is 0.372. The van der Waals surface area contributed by atoms with Gasteiger partial charge in [0.2, 0.25) is 0 Å². The lowest BCUT2D eigenvalue weighted by Crippen LogP contribution is -2.19. The third-order valence-electron chi connectivity index (χ3n) is 2.28. The number of benzene rings is 1. The van der Waals surface area contributed by atoms with E-state index >= 15 is 0 Å². The Balaban J connectivity index is 2.03. The van der Waals surface area contributed by atoms with Crippen LogP contribution in [-0.4, -0.2) is 10.1 Å². The molecule has 0 atom stereocenters. The van der Waals surface area contributed by atoms with Gasteiger partial charge in [-0.3, -0.25) is 5.32 Å². The molecule has 0 bridgehead atoms. The molecule has 0 spiro atoms. The Hall–Kier alpha value is -1.59. The van der Waals surface area contributed by atoms with Crippen LogP contribution >= 0.6 is 23.8 Å². The van der Waals surface area contributed by atoms with Crippen molar-refractivity contribution >= 4 is 40.6 Å². The molecule has 0 radical (unpaired) electrons. The van der Waals surface area contributed by atoms with Crippen molar-refractivity contribution in [3.63, 3.8) is 0 Å². The first kappa shape index (κ1) is 12.9. The molecule has 1 aromatic heterocycles. The summed E-state index contributed by atoms with van der Waals surface area (Å²) in [5.74, 6) is 0. The molecule has 0 aliphatic rings. The van der Waals surface area contributed by atoms with Crippen molar-refractivity contribution in [1.82, 2.24) is 4.98 Å². The molecular weight excluding hydrogens is 270 g/mol. The molecule has 0 saturated heterocycles. The summed E-state index contributed by atoms with van der Waals surface area (Å²) in [5.41, 5.74) is 2.69. The van der Waals surface area contributed by atoms with Crippen LogP contribution in [-0.2, 0) is 0 Å². The molecule has 0 fully saturated rings. The number of rotatable bonds is 2. The average Bonchev–Trinajstić information content (AvgIpc) is 2.68. The first-order valence-electron chi connectivity index (χ1n) is 5.31. The van der Waals surface area contributed by atoms with E-state index in [9.17, 15) is 0 Å². The number of oxazole rings is 1. The zero-order chi connectivity index (χ0) is 13.1. The van der Waals surface area contributed by atoms with Crippen LogP contribution in [0.3, 0.4) is 0 Å². The highest BCUT2D eigenvalue weighted by atomic mass is 35.5. The van der Waals surface area contributed by atoms with Crippen LogP contribution in [0, 0.1) is 13.8 Å². The second kappa shape index (κ2) is 5.37. The predicted octanol–water partition coefficient (Wildman–Crippen LogP) is 3.75. The van der Waals surface area contributed by atoms with E-state index in [1.54, 1.807) is 12.3 Å². The average molecular weight is 282 g/mol. The molecular formula is C12H12ClN3OS. The summed E-state index contributed by atoms with van der Waals surface area (Å²) >= 11 is 11.0. The largest absolute Gasteiger partial charge is 0.432 e. The van der Waals surface area contributed by atoms with Crippen LogP contribution in [0.15, 0.2) is 28.9 Å². The molecule has 2 N–H and O–H groups in total. The Bertz CT molecular complexity index is 582. The smallest absolute Gasteiger partial charge is 0.301 e. The number of nitrogens with one attached hydrogen (secondary N) is 2. The van der Waals surface area contributed by atoms with Crippen molar-refractivity contribution in [2.45, 2.75) is 13.8 Å². The topological polar surface area (TPSA) is 50.1 Å². The number of thiocarbonyl (C=S) groups is 1. The zero-order valence-corrected chi connectivity index (χ0v) is 11.5. The third kappa shape index (κ3) is 3.21. The minimum absolute atomic E-state index is 0.372. The lowest BCUT2D eigenvalue weighted by Gasteiger charge is -2.10. The van der Waals surface area contributed by atoms with Crippen molar-refractivity contribution in [1.29, 1.82) is 0 Å². The number of anilines is 2. The van der Waals surface area contributed by atoms with Gasteiger partial charge in [0.25, 0.3) is 0 Å². The monoisotopic (exact) mass is 281 g/mol. The Kier molecular flexibility index (Phi) is 3.84. The third-order valence-corrected chi connectivity index (χ3v) is 2.72. The zero-order valence-electron chi connectivity index (χ0n) is 9.95. The first-order valence-corrected chi connectivity index (χ1v) is 6.09. The lowest BCUT2D eigenvalue weighted by atomic mass is 10.2. The van der Waals surface area contributed by atoms with Crippen LogP contribution < -0.4 is 10.6 Å². The summed E-state index contributed by atoms with van der Waals surface area (Å²) < 4.78 is 5.15. The quantitative estimate of drug-likeness (QED) is 0.821. The van der Waals surface area contributed by atoms with E-state index in [2.05, 4.69) is 15.6 Å². The highest BCUT2D eigenvalue weighted by Gasteiger charge is 2.05. The predicted molar refractivity (Wildman–Crippen MR) is 77.3 cm³/mol. The van der Waals surface area contributed by atoms with E-state index in [1.165, 1.54) is 0 Å². The van der Waals surface area contributed by atoms with Crippen LogP contribution in [0.5, 0.6) is 0 Å². The van der Waals surface area contributed by atoms with Gasteiger partial charge in [0.05, 0.1) is 5.69 Å². The van der Waals surface area contributed by atoms with Gasteiger partial charge in [0, 0.05) is 10.7 Å². The van der Waals surface area contributed by atoms with E-state index < -0.39 is 0 Å². The van der Waals surface area contributed by atoms with Gasteiger partial charge in [-0.15, -0.1) is 0 Å². The molecule has 2 rings (SSSR count). The molecule has 0 aliphatic carbocycles. The first-order chi connectivity index (χ1) is 8.54. The van der Waals surface area contributed by atoms with Crippen LogP contribution in [0.25, 0.3) is 0 Å². The van der Waals surface area contributed by atoms with Crippen LogP contribution in [0.2, 0.25) is 5.02 Å². The van der Waals surface area contributed by atoms with Crippen molar-refractivity contribution in [2.75, 3.05) is 10.6 Å². The summed E-state index contributed by atoms with van der Waals surface area (Å²) in [4.78, 5) is 4.10. The highest BCUT2D eigenvalue weighted by molar-refractivity contribution is 7.80. The van der Waals surface area contributed by atoms with Gasteiger partial charge in [-0.05, 0) is 49.8 Å². The molecule has 94 valence electrons. The van der Waals surface area contributed by atoms with E-state index in [-0.39, 0.29) is 0 Å². The van der Waals surface area contributed by atoms with E-state index in [0.717, 1.165) is 16.9 Å². The van der Waals surface area contributed by atoms with Crippen molar-refractivity contribution in [3.05, 3.63) is 40.7 Å². The van der Waals surface area contributed by atoms with Crippen molar-refractivity contribution < 1.29 is 4.42 Å². The van der Waals surface area contributed by atoms with Gasteiger partial charge in [-0.1, -0.05) is 11.6 Å². The maximum absolute atomic E-state index is 5.88. The molecule has 1 heterocycles. The molecule has 0 unspecified atom stereocenters. The van der Waals surface area contributed by atoms with Gasteiger partial charge in [-0.25, -0.2) is 0 Å². The molecule has 0 amide bonds. The van der Waals surface area contributed by atoms with Gasteiger partial charge < -0.3 is 9.73 Å². The fourth-order valence-electron chi connectivity index (χ4n) is 1.43. The molecule has 2 aromatic rings. The van der Waals surface area contributed by atoms with Gasteiger partial charge >= 0.3 is 6.01 Å². The Morgan fingerprint density at radius 1 is 1.33 bits per heavy atom. The summed E-state index contributed by atoms with van der Waals surface area (Å²) in [6.45, 7) is 3.79. The van der Waals surface area contributed by atoms with Crippen LogP contribution in [0.1, 0.15) is 11.3 Å². The molecule has 0 aliphatic heterocycles. The van der Waals surface area contributed by atoms with Crippen molar-refractivity contribution in [2.24, 2.45) is 0 Å². The number of aromatic nitrogens is 1. The number of aryl methyl sites for hydroxylation is 2. The van der Waals surface area contributed by atoms with Crippen molar-refractivity contribution in [3.8, 4) is 0 Å². The molecule has 18 heavy (non-hydrogen) atoms. The van der Waals surface area contributed by atoms with E-state index in [0.29, 0.717) is 16.1 Å². The SMILES string of the molecule is Cc1coc(NC(=S)Nc2ccc(Cl)cc2C)n1. The number of hydrogen-bond acceptors (Lipinski definition) is 3. The van der Waals surface area contributed by atoms with Gasteiger partial charge in [0.1, 0.15) is 6.26 Å². The van der Waals surface area contributed by atoms with Crippen LogP contribution in [0.4, 0.5) is 11.7 Å².